The second kappa shape index (κ2) is 7.38. The standard InChI is InChI=1S/C14H18BrFN2O.ClH/c1-9-4-5-18(11(6-9)8-17)14(19)12-7-10(15)2-3-13(12)16;/h2-3,7,9,11H,4-6,8,17H2,1H3;1H. The first kappa shape index (κ1) is 17.4. The summed E-state index contributed by atoms with van der Waals surface area (Å²) in [6.07, 6.45) is 1.83. The highest BCUT2D eigenvalue weighted by Gasteiger charge is 2.30. The Labute approximate surface area is 133 Å². The van der Waals surface area contributed by atoms with Crippen molar-refractivity contribution >= 4 is 34.2 Å². The number of hydrogen-bond donors (Lipinski definition) is 1. The molecule has 1 saturated heterocycles. The van der Waals surface area contributed by atoms with Crippen molar-refractivity contribution in [1.82, 2.24) is 4.90 Å². The number of amides is 1. The topological polar surface area (TPSA) is 46.3 Å². The molecule has 1 aliphatic rings. The van der Waals surface area contributed by atoms with Crippen LogP contribution in [0.4, 0.5) is 4.39 Å². The second-order valence-electron chi connectivity index (χ2n) is 5.14. The Kier molecular flexibility index (Phi) is 6.43. The van der Waals surface area contributed by atoms with Gasteiger partial charge in [-0.1, -0.05) is 22.9 Å². The van der Waals surface area contributed by atoms with Gasteiger partial charge in [-0.15, -0.1) is 12.4 Å². The van der Waals surface area contributed by atoms with Crippen molar-refractivity contribution in [2.75, 3.05) is 13.1 Å². The highest BCUT2D eigenvalue weighted by molar-refractivity contribution is 9.10. The lowest BCUT2D eigenvalue weighted by Gasteiger charge is -2.38. The van der Waals surface area contributed by atoms with E-state index < -0.39 is 5.82 Å². The van der Waals surface area contributed by atoms with Crippen LogP contribution in [0, 0.1) is 11.7 Å². The molecule has 1 aromatic carbocycles. The number of nitrogens with two attached hydrogens (primary N) is 1. The molecular formula is C14H19BrClFN2O. The first-order valence-electron chi connectivity index (χ1n) is 6.49. The Morgan fingerprint density at radius 3 is 2.90 bits per heavy atom. The molecular weight excluding hydrogens is 347 g/mol. The smallest absolute Gasteiger partial charge is 0.257 e. The van der Waals surface area contributed by atoms with Gasteiger partial charge in [-0.3, -0.25) is 4.79 Å². The summed E-state index contributed by atoms with van der Waals surface area (Å²) < 4.78 is 14.5. The highest BCUT2D eigenvalue weighted by Crippen LogP contribution is 2.25. The maximum atomic E-state index is 13.8. The van der Waals surface area contributed by atoms with Crippen molar-refractivity contribution in [1.29, 1.82) is 0 Å². The van der Waals surface area contributed by atoms with Crippen LogP contribution in [0.25, 0.3) is 0 Å². The van der Waals surface area contributed by atoms with Crippen LogP contribution in [0.2, 0.25) is 0 Å². The third-order valence-corrected chi connectivity index (χ3v) is 4.16. The molecule has 1 aromatic rings. The molecule has 0 saturated carbocycles. The van der Waals surface area contributed by atoms with Crippen molar-refractivity contribution < 1.29 is 9.18 Å². The van der Waals surface area contributed by atoms with E-state index in [4.69, 9.17) is 5.73 Å². The van der Waals surface area contributed by atoms with Gasteiger partial charge < -0.3 is 10.6 Å². The number of nitrogens with zero attached hydrogens (tertiary/aromatic N) is 1. The minimum atomic E-state index is -0.484. The number of rotatable bonds is 2. The van der Waals surface area contributed by atoms with E-state index in [1.54, 1.807) is 11.0 Å². The molecule has 1 fully saturated rings. The first-order chi connectivity index (χ1) is 9.02. The van der Waals surface area contributed by atoms with Crippen LogP contribution in [-0.2, 0) is 0 Å². The quantitative estimate of drug-likeness (QED) is 0.875. The van der Waals surface area contributed by atoms with Crippen LogP contribution in [0.15, 0.2) is 22.7 Å². The molecule has 0 spiro atoms. The number of halogens is 3. The van der Waals surface area contributed by atoms with Crippen LogP contribution >= 0.6 is 28.3 Å². The monoisotopic (exact) mass is 364 g/mol. The Bertz CT molecular complexity index is 486. The number of benzene rings is 1. The van der Waals surface area contributed by atoms with E-state index in [-0.39, 0.29) is 29.9 Å². The van der Waals surface area contributed by atoms with E-state index in [0.717, 1.165) is 12.8 Å². The fraction of sp³-hybridized carbons (Fsp3) is 0.500. The molecule has 112 valence electrons. The Hall–Kier alpha value is -0.650. The van der Waals surface area contributed by atoms with E-state index in [0.29, 0.717) is 23.5 Å². The number of carbonyl (C=O) groups is 1. The van der Waals surface area contributed by atoms with Crippen LogP contribution in [0.3, 0.4) is 0 Å². The van der Waals surface area contributed by atoms with Crippen molar-refractivity contribution in [3.05, 3.63) is 34.1 Å². The van der Waals surface area contributed by atoms with Gasteiger partial charge >= 0.3 is 0 Å². The third-order valence-electron chi connectivity index (χ3n) is 3.67. The molecule has 2 atom stereocenters. The summed E-state index contributed by atoms with van der Waals surface area (Å²) in [5.41, 5.74) is 5.86. The van der Waals surface area contributed by atoms with Gasteiger partial charge in [-0.2, -0.15) is 0 Å². The second-order valence-corrected chi connectivity index (χ2v) is 6.06. The maximum Gasteiger partial charge on any atom is 0.257 e. The molecule has 0 aliphatic carbocycles. The van der Waals surface area contributed by atoms with Gasteiger partial charge in [0.15, 0.2) is 0 Å². The van der Waals surface area contributed by atoms with E-state index in [9.17, 15) is 9.18 Å². The van der Waals surface area contributed by atoms with Crippen molar-refractivity contribution in [2.45, 2.75) is 25.8 Å². The van der Waals surface area contributed by atoms with Crippen molar-refractivity contribution in [3.63, 3.8) is 0 Å². The molecule has 1 amide bonds. The molecule has 2 rings (SSSR count). The summed E-state index contributed by atoms with van der Waals surface area (Å²) in [4.78, 5) is 14.2. The summed E-state index contributed by atoms with van der Waals surface area (Å²) in [7, 11) is 0. The first-order valence-corrected chi connectivity index (χ1v) is 7.28. The van der Waals surface area contributed by atoms with Gasteiger partial charge in [0, 0.05) is 23.6 Å². The summed E-state index contributed by atoms with van der Waals surface area (Å²) >= 11 is 3.27. The van der Waals surface area contributed by atoms with E-state index in [1.807, 2.05) is 0 Å². The summed E-state index contributed by atoms with van der Waals surface area (Å²) in [5, 5.41) is 0. The van der Waals surface area contributed by atoms with Gasteiger partial charge in [0.05, 0.1) is 5.56 Å². The molecule has 2 N–H and O–H groups in total. The van der Waals surface area contributed by atoms with E-state index >= 15 is 0 Å². The lowest BCUT2D eigenvalue weighted by Crippen LogP contribution is -2.49. The maximum absolute atomic E-state index is 13.8. The zero-order valence-electron chi connectivity index (χ0n) is 11.3. The van der Waals surface area contributed by atoms with Gasteiger partial charge in [0.2, 0.25) is 0 Å². The average Bonchev–Trinajstić information content (AvgIpc) is 2.40. The predicted molar refractivity (Wildman–Crippen MR) is 83.6 cm³/mol. The van der Waals surface area contributed by atoms with Gasteiger partial charge in [-0.05, 0) is 37.0 Å². The van der Waals surface area contributed by atoms with E-state index in [1.165, 1.54) is 12.1 Å². The average molecular weight is 366 g/mol. The third kappa shape index (κ3) is 3.71. The fourth-order valence-electron chi connectivity index (χ4n) is 2.56. The molecule has 6 heteroatoms. The minimum absolute atomic E-state index is 0. The number of carbonyl (C=O) groups excluding carboxylic acids is 1. The molecule has 0 bridgehead atoms. The SMILES string of the molecule is CC1CCN(C(=O)c2cc(Br)ccc2F)C(CN)C1.Cl. The van der Waals surface area contributed by atoms with Crippen LogP contribution < -0.4 is 5.73 Å². The van der Waals surface area contributed by atoms with Crippen LogP contribution in [-0.4, -0.2) is 29.9 Å². The summed E-state index contributed by atoms with van der Waals surface area (Å²) in [5.74, 6) is -0.186. The zero-order valence-corrected chi connectivity index (χ0v) is 13.7. The zero-order chi connectivity index (χ0) is 14.0. The normalized spacial score (nSPS) is 22.3. The Morgan fingerprint density at radius 1 is 1.55 bits per heavy atom. The van der Waals surface area contributed by atoms with Crippen molar-refractivity contribution in [3.8, 4) is 0 Å². The molecule has 0 aromatic heterocycles. The molecule has 1 aliphatic heterocycles. The van der Waals surface area contributed by atoms with Gasteiger partial charge in [0.25, 0.3) is 5.91 Å². The predicted octanol–water partition coefficient (Wildman–Crippen LogP) is 3.21. The van der Waals surface area contributed by atoms with Crippen LogP contribution in [0.5, 0.6) is 0 Å². The number of hydrogen-bond acceptors (Lipinski definition) is 2. The molecule has 3 nitrogen and oxygen atoms in total. The molecule has 0 radical (unpaired) electrons. The largest absolute Gasteiger partial charge is 0.334 e. The molecule has 20 heavy (non-hydrogen) atoms. The lowest BCUT2D eigenvalue weighted by molar-refractivity contribution is 0.0569. The van der Waals surface area contributed by atoms with E-state index in [2.05, 4.69) is 22.9 Å². The summed E-state index contributed by atoms with van der Waals surface area (Å²) in [6.45, 7) is 3.23. The Balaban J connectivity index is 0.00000200. The Morgan fingerprint density at radius 2 is 2.25 bits per heavy atom. The number of likely N-dealkylation sites (tertiary alicyclic amines) is 1. The highest BCUT2D eigenvalue weighted by atomic mass is 79.9. The number of piperidine rings is 1. The summed E-state index contributed by atoms with van der Waals surface area (Å²) in [6, 6.07) is 4.43. The van der Waals surface area contributed by atoms with Crippen molar-refractivity contribution in [2.24, 2.45) is 11.7 Å². The minimum Gasteiger partial charge on any atom is -0.334 e. The fourth-order valence-corrected chi connectivity index (χ4v) is 2.92. The molecule has 2 unspecified atom stereocenters. The van der Waals surface area contributed by atoms with Crippen LogP contribution in [0.1, 0.15) is 30.1 Å². The lowest BCUT2D eigenvalue weighted by atomic mass is 9.92. The van der Waals surface area contributed by atoms with Gasteiger partial charge in [0.1, 0.15) is 5.82 Å². The van der Waals surface area contributed by atoms with Gasteiger partial charge in [-0.25, -0.2) is 4.39 Å². The molecule has 1 heterocycles.